The van der Waals surface area contributed by atoms with Gasteiger partial charge in [-0.1, -0.05) is 12.5 Å². The van der Waals surface area contributed by atoms with E-state index in [1.165, 1.54) is 6.07 Å². The fourth-order valence-corrected chi connectivity index (χ4v) is 1.91. The number of rotatable bonds is 1. The Labute approximate surface area is 91.9 Å². The summed E-state index contributed by atoms with van der Waals surface area (Å²) in [6.07, 6.45) is -1.38. The van der Waals surface area contributed by atoms with Crippen LogP contribution < -0.4 is 5.32 Å². The molecule has 0 bridgehead atoms. The Morgan fingerprint density at radius 1 is 1.25 bits per heavy atom. The molecule has 1 aromatic heterocycles. The highest BCUT2D eigenvalue weighted by molar-refractivity contribution is 5.16. The standard InChI is InChI=1S/C11H13F3N2/c12-11(13,14)10-6-3-5-9(16-10)8-4-1-2-7-15-8/h3,5-6,8,15H,1-2,4,7H2/t8-/m1/s1. The first kappa shape index (κ1) is 11.4. The van der Waals surface area contributed by atoms with Gasteiger partial charge < -0.3 is 5.32 Å². The summed E-state index contributed by atoms with van der Waals surface area (Å²) >= 11 is 0. The van der Waals surface area contributed by atoms with Crippen molar-refractivity contribution in [3.63, 3.8) is 0 Å². The Morgan fingerprint density at radius 2 is 2.06 bits per heavy atom. The van der Waals surface area contributed by atoms with E-state index >= 15 is 0 Å². The second kappa shape index (κ2) is 4.41. The van der Waals surface area contributed by atoms with Crippen LogP contribution in [0.4, 0.5) is 13.2 Å². The van der Waals surface area contributed by atoms with Crippen molar-refractivity contribution >= 4 is 0 Å². The maximum absolute atomic E-state index is 12.5. The molecule has 1 fully saturated rings. The summed E-state index contributed by atoms with van der Waals surface area (Å²) in [6, 6.07) is 4.04. The largest absolute Gasteiger partial charge is 0.433 e. The van der Waals surface area contributed by atoms with Crippen molar-refractivity contribution in [2.75, 3.05) is 6.54 Å². The van der Waals surface area contributed by atoms with Gasteiger partial charge >= 0.3 is 6.18 Å². The van der Waals surface area contributed by atoms with Crippen LogP contribution in [0.15, 0.2) is 18.2 Å². The first-order valence-electron chi connectivity index (χ1n) is 5.35. The summed E-state index contributed by atoms with van der Waals surface area (Å²) in [5.41, 5.74) is -0.313. The van der Waals surface area contributed by atoms with Gasteiger partial charge in [-0.3, -0.25) is 0 Å². The maximum atomic E-state index is 12.5. The van der Waals surface area contributed by atoms with Crippen molar-refractivity contribution in [2.24, 2.45) is 0 Å². The van der Waals surface area contributed by atoms with Gasteiger partial charge in [0.2, 0.25) is 0 Å². The number of nitrogens with one attached hydrogen (secondary N) is 1. The number of nitrogens with zero attached hydrogens (tertiary/aromatic N) is 1. The van der Waals surface area contributed by atoms with Crippen LogP contribution in [0.25, 0.3) is 0 Å². The summed E-state index contributed by atoms with van der Waals surface area (Å²) in [6.45, 7) is 0.850. The Balaban J connectivity index is 2.21. The Bertz CT molecular complexity index is 356. The molecule has 1 aliphatic rings. The van der Waals surface area contributed by atoms with Crippen molar-refractivity contribution in [1.82, 2.24) is 10.3 Å². The van der Waals surface area contributed by atoms with Gasteiger partial charge in [0, 0.05) is 6.04 Å². The predicted molar refractivity (Wildman–Crippen MR) is 53.8 cm³/mol. The molecule has 1 aromatic rings. The van der Waals surface area contributed by atoms with Gasteiger partial charge in [-0.15, -0.1) is 0 Å². The van der Waals surface area contributed by atoms with Gasteiger partial charge in [0.25, 0.3) is 0 Å². The molecule has 1 saturated heterocycles. The average molecular weight is 230 g/mol. The normalized spacial score (nSPS) is 22.1. The van der Waals surface area contributed by atoms with Crippen molar-refractivity contribution in [1.29, 1.82) is 0 Å². The van der Waals surface area contributed by atoms with Crippen LogP contribution in [-0.2, 0) is 6.18 Å². The number of alkyl halides is 3. The predicted octanol–water partition coefficient (Wildman–Crippen LogP) is 2.92. The molecule has 0 amide bonds. The number of hydrogen-bond acceptors (Lipinski definition) is 2. The number of piperidine rings is 1. The van der Waals surface area contributed by atoms with E-state index in [-0.39, 0.29) is 6.04 Å². The number of halogens is 3. The number of pyridine rings is 1. The van der Waals surface area contributed by atoms with Crippen molar-refractivity contribution in [3.05, 3.63) is 29.6 Å². The smallest absolute Gasteiger partial charge is 0.309 e. The van der Waals surface area contributed by atoms with Crippen LogP contribution in [0.1, 0.15) is 36.7 Å². The van der Waals surface area contributed by atoms with E-state index < -0.39 is 11.9 Å². The molecule has 0 aromatic carbocycles. The zero-order valence-electron chi connectivity index (χ0n) is 8.72. The minimum absolute atomic E-state index is 0.0314. The number of hydrogen-bond donors (Lipinski definition) is 1. The lowest BCUT2D eigenvalue weighted by atomic mass is 10.0. The molecular formula is C11H13F3N2. The fraction of sp³-hybridized carbons (Fsp3) is 0.545. The molecule has 2 rings (SSSR count). The molecule has 16 heavy (non-hydrogen) atoms. The molecule has 88 valence electrons. The minimum atomic E-state index is -4.36. The van der Waals surface area contributed by atoms with Gasteiger partial charge in [0.15, 0.2) is 0 Å². The van der Waals surface area contributed by atoms with E-state index in [0.717, 1.165) is 31.9 Å². The van der Waals surface area contributed by atoms with Gasteiger partial charge in [-0.05, 0) is 31.5 Å². The van der Waals surface area contributed by atoms with Gasteiger partial charge in [0.05, 0.1) is 5.69 Å². The van der Waals surface area contributed by atoms with Crippen molar-refractivity contribution in [2.45, 2.75) is 31.5 Å². The lowest BCUT2D eigenvalue weighted by Crippen LogP contribution is -2.28. The third-order valence-electron chi connectivity index (χ3n) is 2.73. The first-order chi connectivity index (χ1) is 7.57. The molecule has 2 heterocycles. The molecule has 1 aliphatic heterocycles. The molecule has 2 nitrogen and oxygen atoms in total. The molecule has 0 saturated carbocycles. The Kier molecular flexibility index (Phi) is 3.14. The van der Waals surface area contributed by atoms with Crippen LogP contribution in [0.2, 0.25) is 0 Å². The zero-order chi connectivity index (χ0) is 11.6. The van der Waals surface area contributed by atoms with E-state index in [2.05, 4.69) is 10.3 Å². The van der Waals surface area contributed by atoms with E-state index in [9.17, 15) is 13.2 Å². The SMILES string of the molecule is FC(F)(F)c1cccc([C@H]2CCCCN2)n1. The maximum Gasteiger partial charge on any atom is 0.433 e. The van der Waals surface area contributed by atoms with Gasteiger partial charge in [-0.25, -0.2) is 4.98 Å². The summed E-state index contributed by atoms with van der Waals surface area (Å²) < 4.78 is 37.4. The monoisotopic (exact) mass is 230 g/mol. The van der Waals surface area contributed by atoms with E-state index in [1.807, 2.05) is 0 Å². The fourth-order valence-electron chi connectivity index (χ4n) is 1.91. The molecule has 5 heteroatoms. The topological polar surface area (TPSA) is 24.9 Å². The van der Waals surface area contributed by atoms with E-state index in [4.69, 9.17) is 0 Å². The van der Waals surface area contributed by atoms with Crippen LogP contribution in [0.5, 0.6) is 0 Å². The van der Waals surface area contributed by atoms with Crippen molar-refractivity contribution in [3.8, 4) is 0 Å². The summed E-state index contributed by atoms with van der Waals surface area (Å²) in [5.74, 6) is 0. The van der Waals surface area contributed by atoms with E-state index in [0.29, 0.717) is 5.69 Å². The molecule has 0 aliphatic carbocycles. The second-order valence-electron chi connectivity index (χ2n) is 3.95. The highest BCUT2D eigenvalue weighted by Gasteiger charge is 2.33. The molecule has 1 atom stereocenters. The third kappa shape index (κ3) is 2.52. The highest BCUT2D eigenvalue weighted by Crippen LogP contribution is 2.29. The van der Waals surface area contributed by atoms with Crippen LogP contribution in [-0.4, -0.2) is 11.5 Å². The van der Waals surface area contributed by atoms with Crippen molar-refractivity contribution < 1.29 is 13.2 Å². The first-order valence-corrected chi connectivity index (χ1v) is 5.35. The second-order valence-corrected chi connectivity index (χ2v) is 3.95. The molecule has 1 N–H and O–H groups in total. The lowest BCUT2D eigenvalue weighted by Gasteiger charge is -2.23. The summed E-state index contributed by atoms with van der Waals surface area (Å²) in [7, 11) is 0. The molecule has 0 spiro atoms. The van der Waals surface area contributed by atoms with Crippen LogP contribution >= 0.6 is 0 Å². The van der Waals surface area contributed by atoms with Crippen LogP contribution in [0.3, 0.4) is 0 Å². The number of aromatic nitrogens is 1. The molecular weight excluding hydrogens is 217 g/mol. The third-order valence-corrected chi connectivity index (χ3v) is 2.73. The minimum Gasteiger partial charge on any atom is -0.309 e. The van der Waals surface area contributed by atoms with Crippen LogP contribution in [0, 0.1) is 0 Å². The molecule has 0 unspecified atom stereocenters. The Morgan fingerprint density at radius 3 is 2.69 bits per heavy atom. The van der Waals surface area contributed by atoms with Gasteiger partial charge in [0.1, 0.15) is 5.69 Å². The molecule has 0 radical (unpaired) electrons. The Hall–Kier alpha value is -1.10. The summed E-state index contributed by atoms with van der Waals surface area (Å²) in [5, 5.41) is 3.18. The van der Waals surface area contributed by atoms with Gasteiger partial charge in [-0.2, -0.15) is 13.2 Å². The lowest BCUT2D eigenvalue weighted by molar-refractivity contribution is -0.141. The van der Waals surface area contributed by atoms with E-state index in [1.54, 1.807) is 6.07 Å². The quantitative estimate of drug-likeness (QED) is 0.802. The summed E-state index contributed by atoms with van der Waals surface area (Å²) in [4.78, 5) is 3.68. The average Bonchev–Trinajstić information content (AvgIpc) is 2.29. The highest BCUT2D eigenvalue weighted by atomic mass is 19.4. The zero-order valence-corrected chi connectivity index (χ0v) is 8.72.